The van der Waals surface area contributed by atoms with Crippen molar-refractivity contribution in [1.82, 2.24) is 14.8 Å². The number of hydrogen-bond donors (Lipinski definition) is 2. The van der Waals surface area contributed by atoms with Crippen molar-refractivity contribution >= 4 is 11.8 Å². The zero-order valence-corrected chi connectivity index (χ0v) is 14.0. The highest BCUT2D eigenvalue weighted by Gasteiger charge is 2.36. The van der Waals surface area contributed by atoms with Crippen LogP contribution in [-0.4, -0.2) is 58.8 Å². The molecule has 1 aromatic rings. The van der Waals surface area contributed by atoms with Gasteiger partial charge in [0, 0.05) is 38.4 Å². The fraction of sp³-hybridized carbons (Fsp3) is 0.647. The quantitative estimate of drug-likeness (QED) is 0.866. The number of carbonyl (C=O) groups is 2. The summed E-state index contributed by atoms with van der Waals surface area (Å²) in [4.78, 5) is 31.7. The van der Waals surface area contributed by atoms with Gasteiger partial charge in [-0.3, -0.25) is 9.59 Å². The molecule has 2 amide bonds. The Labute approximate surface area is 137 Å². The molecule has 0 radical (unpaired) electrons. The van der Waals surface area contributed by atoms with Gasteiger partial charge in [-0.2, -0.15) is 0 Å². The lowest BCUT2D eigenvalue weighted by atomic mass is 9.79. The van der Waals surface area contributed by atoms with Crippen LogP contribution in [0, 0.1) is 5.41 Å². The third kappa shape index (κ3) is 3.13. The molecule has 2 aliphatic heterocycles. The number of hydrogen-bond acceptors (Lipinski definition) is 3. The van der Waals surface area contributed by atoms with E-state index in [1.165, 1.54) is 0 Å². The van der Waals surface area contributed by atoms with Crippen molar-refractivity contribution in [2.75, 3.05) is 26.2 Å². The fourth-order valence-electron chi connectivity index (χ4n) is 3.46. The average Bonchev–Trinajstić information content (AvgIpc) is 3.19. The molecule has 0 aliphatic carbocycles. The molecule has 6 nitrogen and oxygen atoms in total. The van der Waals surface area contributed by atoms with Crippen molar-refractivity contribution in [3.63, 3.8) is 0 Å². The molecule has 2 aliphatic rings. The highest BCUT2D eigenvalue weighted by Crippen LogP contribution is 2.28. The molecule has 0 spiro atoms. The minimum Gasteiger partial charge on any atom is -0.356 e. The monoisotopic (exact) mass is 318 g/mol. The van der Waals surface area contributed by atoms with Crippen molar-refractivity contribution in [3.05, 3.63) is 23.5 Å². The van der Waals surface area contributed by atoms with Crippen LogP contribution in [0.1, 0.15) is 54.0 Å². The normalized spacial score (nSPS) is 24.0. The van der Waals surface area contributed by atoms with Gasteiger partial charge in [-0.05, 0) is 30.7 Å². The summed E-state index contributed by atoms with van der Waals surface area (Å²) in [6.07, 6.45) is 4.57. The van der Waals surface area contributed by atoms with Gasteiger partial charge in [-0.15, -0.1) is 0 Å². The SMILES string of the molecule is CC1(C)CN(C(=O)c2c[nH]c(C(=O)N3CCCC3)c2)CCC1N. The Hall–Kier alpha value is -1.82. The Morgan fingerprint density at radius 3 is 2.52 bits per heavy atom. The number of nitrogens with two attached hydrogens (primary N) is 1. The Morgan fingerprint density at radius 2 is 1.87 bits per heavy atom. The molecule has 0 aromatic carbocycles. The molecule has 1 aromatic heterocycles. The molecule has 6 heteroatoms. The second kappa shape index (κ2) is 6.00. The number of aromatic nitrogens is 1. The Bertz CT molecular complexity index is 601. The molecule has 3 rings (SSSR count). The Morgan fingerprint density at radius 1 is 1.17 bits per heavy atom. The number of rotatable bonds is 2. The van der Waals surface area contributed by atoms with Gasteiger partial charge in [0.1, 0.15) is 5.69 Å². The lowest BCUT2D eigenvalue weighted by Gasteiger charge is -2.42. The molecule has 1 atom stereocenters. The van der Waals surface area contributed by atoms with E-state index < -0.39 is 0 Å². The molecule has 2 fully saturated rings. The smallest absolute Gasteiger partial charge is 0.270 e. The predicted molar refractivity (Wildman–Crippen MR) is 88.2 cm³/mol. The average molecular weight is 318 g/mol. The van der Waals surface area contributed by atoms with Gasteiger partial charge >= 0.3 is 0 Å². The summed E-state index contributed by atoms with van der Waals surface area (Å²) >= 11 is 0. The van der Waals surface area contributed by atoms with Crippen molar-refractivity contribution in [1.29, 1.82) is 0 Å². The van der Waals surface area contributed by atoms with Crippen LogP contribution in [0.4, 0.5) is 0 Å². The fourth-order valence-corrected chi connectivity index (χ4v) is 3.46. The zero-order chi connectivity index (χ0) is 16.6. The first kappa shape index (κ1) is 16.1. The summed E-state index contributed by atoms with van der Waals surface area (Å²) in [6, 6.07) is 1.80. The third-order valence-corrected chi connectivity index (χ3v) is 5.15. The number of nitrogens with one attached hydrogen (secondary N) is 1. The summed E-state index contributed by atoms with van der Waals surface area (Å²) in [5.41, 5.74) is 7.11. The van der Waals surface area contributed by atoms with Crippen molar-refractivity contribution in [3.8, 4) is 0 Å². The second-order valence-electron chi connectivity index (χ2n) is 7.41. The maximum Gasteiger partial charge on any atom is 0.270 e. The van der Waals surface area contributed by atoms with Crippen LogP contribution >= 0.6 is 0 Å². The van der Waals surface area contributed by atoms with Crippen LogP contribution < -0.4 is 5.73 Å². The van der Waals surface area contributed by atoms with Crippen LogP contribution in [0.2, 0.25) is 0 Å². The van der Waals surface area contributed by atoms with Crippen LogP contribution in [0.25, 0.3) is 0 Å². The maximum absolute atomic E-state index is 12.7. The summed E-state index contributed by atoms with van der Waals surface area (Å²) < 4.78 is 0. The molecule has 3 N–H and O–H groups in total. The van der Waals surface area contributed by atoms with Crippen molar-refractivity contribution < 1.29 is 9.59 Å². The number of carbonyl (C=O) groups excluding carboxylic acids is 2. The van der Waals surface area contributed by atoms with Crippen LogP contribution in [0.15, 0.2) is 12.3 Å². The third-order valence-electron chi connectivity index (χ3n) is 5.15. The van der Waals surface area contributed by atoms with E-state index in [4.69, 9.17) is 5.73 Å². The first-order chi connectivity index (χ1) is 10.9. The van der Waals surface area contributed by atoms with Crippen molar-refractivity contribution in [2.45, 2.75) is 39.2 Å². The molecule has 126 valence electrons. The van der Waals surface area contributed by atoms with Gasteiger partial charge in [-0.25, -0.2) is 0 Å². The number of piperidine rings is 1. The molecular weight excluding hydrogens is 292 g/mol. The number of nitrogens with zero attached hydrogens (tertiary/aromatic N) is 2. The number of aromatic amines is 1. The van der Waals surface area contributed by atoms with Gasteiger partial charge in [0.05, 0.1) is 5.56 Å². The van der Waals surface area contributed by atoms with E-state index in [1.54, 1.807) is 12.3 Å². The van der Waals surface area contributed by atoms with E-state index >= 15 is 0 Å². The first-order valence-corrected chi connectivity index (χ1v) is 8.41. The molecule has 1 unspecified atom stereocenters. The molecular formula is C17H26N4O2. The molecule has 3 heterocycles. The van der Waals surface area contributed by atoms with Gasteiger partial charge in [0.25, 0.3) is 11.8 Å². The molecule has 23 heavy (non-hydrogen) atoms. The standard InChI is InChI=1S/C17H26N4O2/c1-17(2)11-21(8-5-14(17)18)15(22)12-9-13(19-10-12)16(23)20-6-3-4-7-20/h9-10,14,19H,3-8,11,18H2,1-2H3. The van der Waals surface area contributed by atoms with Gasteiger partial charge in [0.15, 0.2) is 0 Å². The van der Waals surface area contributed by atoms with E-state index in [0.29, 0.717) is 24.3 Å². The molecule has 0 saturated carbocycles. The van der Waals surface area contributed by atoms with Crippen LogP contribution in [0.5, 0.6) is 0 Å². The van der Waals surface area contributed by atoms with E-state index in [-0.39, 0.29) is 23.3 Å². The molecule has 0 bridgehead atoms. The summed E-state index contributed by atoms with van der Waals surface area (Å²) in [5.74, 6) is -0.0377. The summed E-state index contributed by atoms with van der Waals surface area (Å²) in [6.45, 7) is 7.11. The maximum atomic E-state index is 12.7. The Kier molecular flexibility index (Phi) is 4.19. The number of likely N-dealkylation sites (tertiary alicyclic amines) is 2. The summed E-state index contributed by atoms with van der Waals surface area (Å²) in [5, 5.41) is 0. The Balaban J connectivity index is 1.70. The first-order valence-electron chi connectivity index (χ1n) is 8.41. The molecule has 2 saturated heterocycles. The lowest BCUT2D eigenvalue weighted by Crippen LogP contribution is -2.53. The minimum absolute atomic E-state index is 0.0115. The largest absolute Gasteiger partial charge is 0.356 e. The van der Waals surface area contributed by atoms with E-state index in [0.717, 1.165) is 32.4 Å². The summed E-state index contributed by atoms with van der Waals surface area (Å²) in [7, 11) is 0. The highest BCUT2D eigenvalue weighted by molar-refractivity contribution is 5.99. The second-order valence-corrected chi connectivity index (χ2v) is 7.41. The van der Waals surface area contributed by atoms with Crippen LogP contribution in [0.3, 0.4) is 0 Å². The van der Waals surface area contributed by atoms with Crippen molar-refractivity contribution in [2.24, 2.45) is 11.1 Å². The topological polar surface area (TPSA) is 82.4 Å². The van der Waals surface area contributed by atoms with Crippen LogP contribution in [-0.2, 0) is 0 Å². The highest BCUT2D eigenvalue weighted by atomic mass is 16.2. The van der Waals surface area contributed by atoms with E-state index in [2.05, 4.69) is 18.8 Å². The lowest BCUT2D eigenvalue weighted by molar-refractivity contribution is 0.0533. The van der Waals surface area contributed by atoms with Gasteiger partial charge in [-0.1, -0.05) is 13.8 Å². The van der Waals surface area contributed by atoms with E-state index in [9.17, 15) is 9.59 Å². The van der Waals surface area contributed by atoms with E-state index in [1.807, 2.05) is 9.80 Å². The zero-order valence-electron chi connectivity index (χ0n) is 14.0. The minimum atomic E-state index is -0.0849. The van der Waals surface area contributed by atoms with Gasteiger partial charge < -0.3 is 20.5 Å². The predicted octanol–water partition coefficient (Wildman–Crippen LogP) is 1.45. The van der Waals surface area contributed by atoms with Gasteiger partial charge in [0.2, 0.25) is 0 Å². The number of H-pyrrole nitrogens is 1. The number of amides is 2.